The number of methoxy groups -OCH3 is 1. The average Bonchev–Trinajstić information content (AvgIpc) is 2.95. The van der Waals surface area contributed by atoms with Crippen LogP contribution in [0, 0.1) is 6.92 Å². The highest BCUT2D eigenvalue weighted by molar-refractivity contribution is 7.92. The number of anilines is 1. The van der Waals surface area contributed by atoms with E-state index in [0.717, 1.165) is 21.9 Å². The molecule has 3 aromatic rings. The molecule has 0 saturated heterocycles. The first-order chi connectivity index (χ1) is 18.6. The van der Waals surface area contributed by atoms with Crippen LogP contribution in [0.25, 0.3) is 0 Å². The summed E-state index contributed by atoms with van der Waals surface area (Å²) in [4.78, 5) is 28.5. The molecule has 39 heavy (non-hydrogen) atoms. The van der Waals surface area contributed by atoms with Crippen molar-refractivity contribution in [1.29, 1.82) is 0 Å². The first-order valence-corrected chi connectivity index (χ1v) is 14.4. The van der Waals surface area contributed by atoms with Crippen molar-refractivity contribution in [1.82, 2.24) is 10.2 Å². The molecule has 0 spiro atoms. The molecule has 0 radical (unpaired) electrons. The van der Waals surface area contributed by atoms with Crippen LogP contribution < -0.4 is 14.4 Å². The summed E-state index contributed by atoms with van der Waals surface area (Å²) in [6.45, 7) is 7.05. The lowest BCUT2D eigenvalue weighted by atomic mass is 10.1. The molecule has 0 saturated carbocycles. The van der Waals surface area contributed by atoms with Crippen LogP contribution in [-0.4, -0.2) is 50.9 Å². The van der Waals surface area contributed by atoms with Crippen molar-refractivity contribution in [3.63, 3.8) is 0 Å². The SMILES string of the molecule is CC[C@H](C)NC(=O)[C@H](C)N(Cc1ccc(OC)cc1)C(=O)CN(c1ccc(C)cc1)S(=O)(=O)c1ccccc1. The molecule has 0 aromatic heterocycles. The number of hydrogen-bond donors (Lipinski definition) is 1. The van der Waals surface area contributed by atoms with E-state index in [4.69, 9.17) is 4.74 Å². The van der Waals surface area contributed by atoms with E-state index in [0.29, 0.717) is 11.4 Å². The Morgan fingerprint density at radius 2 is 1.54 bits per heavy atom. The molecule has 0 unspecified atom stereocenters. The zero-order chi connectivity index (χ0) is 28.6. The summed E-state index contributed by atoms with van der Waals surface area (Å²) in [5, 5.41) is 2.93. The van der Waals surface area contributed by atoms with E-state index in [1.165, 1.54) is 17.0 Å². The number of carbonyl (C=O) groups excluding carboxylic acids is 2. The minimum atomic E-state index is -4.08. The summed E-state index contributed by atoms with van der Waals surface area (Å²) in [6, 6.07) is 21.2. The second kappa shape index (κ2) is 13.3. The topological polar surface area (TPSA) is 96.0 Å². The molecular weight excluding hydrogens is 514 g/mol. The fourth-order valence-corrected chi connectivity index (χ4v) is 5.37. The van der Waals surface area contributed by atoms with Gasteiger partial charge >= 0.3 is 0 Å². The minimum Gasteiger partial charge on any atom is -0.497 e. The molecule has 2 atom stereocenters. The van der Waals surface area contributed by atoms with Gasteiger partial charge < -0.3 is 15.0 Å². The first-order valence-electron chi connectivity index (χ1n) is 12.9. The Morgan fingerprint density at radius 1 is 0.923 bits per heavy atom. The highest BCUT2D eigenvalue weighted by atomic mass is 32.2. The fourth-order valence-electron chi connectivity index (χ4n) is 3.94. The Hall–Kier alpha value is -3.85. The maximum Gasteiger partial charge on any atom is 0.264 e. The molecule has 0 fully saturated rings. The van der Waals surface area contributed by atoms with Gasteiger partial charge in [-0.3, -0.25) is 13.9 Å². The van der Waals surface area contributed by atoms with Gasteiger partial charge in [-0.25, -0.2) is 8.42 Å². The van der Waals surface area contributed by atoms with E-state index in [1.54, 1.807) is 68.6 Å². The Labute approximate surface area is 231 Å². The molecule has 9 heteroatoms. The Bertz CT molecular complexity index is 1340. The van der Waals surface area contributed by atoms with Crippen LogP contribution in [0.5, 0.6) is 5.75 Å². The fraction of sp³-hybridized carbons (Fsp3) is 0.333. The molecule has 2 amide bonds. The Kier molecular flexibility index (Phi) is 10.1. The number of nitrogens with zero attached hydrogens (tertiary/aromatic N) is 2. The lowest BCUT2D eigenvalue weighted by Gasteiger charge is -2.32. The average molecular weight is 552 g/mol. The summed E-state index contributed by atoms with van der Waals surface area (Å²) in [5.74, 6) is -0.143. The van der Waals surface area contributed by atoms with Crippen LogP contribution in [0.4, 0.5) is 5.69 Å². The first kappa shape index (κ1) is 29.7. The van der Waals surface area contributed by atoms with Crippen LogP contribution in [0.2, 0.25) is 0 Å². The monoisotopic (exact) mass is 551 g/mol. The summed E-state index contributed by atoms with van der Waals surface area (Å²) >= 11 is 0. The van der Waals surface area contributed by atoms with Gasteiger partial charge in [-0.1, -0.05) is 55.0 Å². The number of aryl methyl sites for hydroxylation is 1. The van der Waals surface area contributed by atoms with Crippen molar-refractivity contribution in [3.8, 4) is 5.75 Å². The van der Waals surface area contributed by atoms with Crippen LogP contribution in [-0.2, 0) is 26.2 Å². The number of rotatable bonds is 12. The number of benzene rings is 3. The number of sulfonamides is 1. The highest BCUT2D eigenvalue weighted by Gasteiger charge is 2.32. The lowest BCUT2D eigenvalue weighted by molar-refractivity contribution is -0.139. The van der Waals surface area contributed by atoms with Gasteiger partial charge in [0.2, 0.25) is 11.8 Å². The summed E-state index contributed by atoms with van der Waals surface area (Å²) < 4.78 is 33.8. The molecule has 3 aromatic carbocycles. The Morgan fingerprint density at radius 3 is 2.10 bits per heavy atom. The molecule has 1 N–H and O–H groups in total. The number of ether oxygens (including phenoxy) is 1. The van der Waals surface area contributed by atoms with E-state index in [9.17, 15) is 18.0 Å². The van der Waals surface area contributed by atoms with Gasteiger partial charge in [-0.2, -0.15) is 0 Å². The van der Waals surface area contributed by atoms with E-state index in [1.807, 2.05) is 32.9 Å². The third-order valence-corrected chi connectivity index (χ3v) is 8.40. The van der Waals surface area contributed by atoms with Crippen LogP contribution in [0.3, 0.4) is 0 Å². The lowest BCUT2D eigenvalue weighted by Crippen LogP contribution is -2.52. The number of amides is 2. The van der Waals surface area contributed by atoms with Gasteiger partial charge in [-0.05, 0) is 69.2 Å². The standard InChI is InChI=1S/C30H37N3O5S/c1-6-23(3)31-30(35)24(4)32(20-25-14-18-27(38-5)19-15-25)29(34)21-33(26-16-12-22(2)13-17-26)39(36,37)28-10-8-7-9-11-28/h7-19,23-24H,6,20-21H2,1-5H3,(H,31,35)/t23-,24-/m0/s1. The second-order valence-electron chi connectivity index (χ2n) is 9.52. The molecule has 0 heterocycles. The molecule has 0 aliphatic carbocycles. The van der Waals surface area contributed by atoms with Crippen LogP contribution in [0.1, 0.15) is 38.3 Å². The van der Waals surface area contributed by atoms with Crippen molar-refractivity contribution in [2.75, 3.05) is 18.0 Å². The van der Waals surface area contributed by atoms with Crippen molar-refractivity contribution in [3.05, 3.63) is 90.0 Å². The van der Waals surface area contributed by atoms with Crippen molar-refractivity contribution < 1.29 is 22.7 Å². The molecule has 8 nitrogen and oxygen atoms in total. The van der Waals surface area contributed by atoms with Gasteiger partial charge in [0, 0.05) is 12.6 Å². The molecule has 0 aliphatic heterocycles. The molecular formula is C30H37N3O5S. The normalized spacial score (nSPS) is 12.7. The zero-order valence-corrected chi connectivity index (χ0v) is 23.9. The van der Waals surface area contributed by atoms with Crippen LogP contribution >= 0.6 is 0 Å². The van der Waals surface area contributed by atoms with E-state index in [-0.39, 0.29) is 23.4 Å². The van der Waals surface area contributed by atoms with Gasteiger partial charge in [0.15, 0.2) is 0 Å². The number of carbonyl (C=O) groups is 2. The van der Waals surface area contributed by atoms with Gasteiger partial charge in [-0.15, -0.1) is 0 Å². The van der Waals surface area contributed by atoms with Gasteiger partial charge in [0.1, 0.15) is 18.3 Å². The highest BCUT2D eigenvalue weighted by Crippen LogP contribution is 2.25. The largest absolute Gasteiger partial charge is 0.497 e. The summed E-state index contributed by atoms with van der Waals surface area (Å²) in [7, 11) is -2.51. The van der Waals surface area contributed by atoms with Crippen molar-refractivity contribution in [2.45, 2.75) is 57.6 Å². The predicted molar refractivity (Wildman–Crippen MR) is 153 cm³/mol. The van der Waals surface area contributed by atoms with E-state index >= 15 is 0 Å². The van der Waals surface area contributed by atoms with E-state index in [2.05, 4.69) is 5.32 Å². The zero-order valence-electron chi connectivity index (χ0n) is 23.1. The smallest absolute Gasteiger partial charge is 0.264 e. The molecule has 0 aliphatic rings. The minimum absolute atomic E-state index is 0.0691. The van der Waals surface area contributed by atoms with Gasteiger partial charge in [0.05, 0.1) is 17.7 Å². The third-order valence-electron chi connectivity index (χ3n) is 6.61. The van der Waals surface area contributed by atoms with Gasteiger partial charge in [0.25, 0.3) is 10.0 Å². The maximum atomic E-state index is 13.9. The third kappa shape index (κ3) is 7.60. The molecule has 208 valence electrons. The van der Waals surface area contributed by atoms with Crippen LogP contribution in [0.15, 0.2) is 83.8 Å². The Balaban J connectivity index is 2.00. The quantitative estimate of drug-likeness (QED) is 0.357. The van der Waals surface area contributed by atoms with E-state index < -0.39 is 28.5 Å². The van der Waals surface area contributed by atoms with Crippen molar-refractivity contribution >= 4 is 27.5 Å². The van der Waals surface area contributed by atoms with Crippen molar-refractivity contribution in [2.24, 2.45) is 0 Å². The molecule has 3 rings (SSSR count). The second-order valence-corrected chi connectivity index (χ2v) is 11.4. The summed E-state index contributed by atoms with van der Waals surface area (Å²) in [6.07, 6.45) is 0.738. The molecule has 0 bridgehead atoms. The predicted octanol–water partition coefficient (Wildman–Crippen LogP) is 4.53. The summed E-state index contributed by atoms with van der Waals surface area (Å²) in [5.41, 5.74) is 2.10. The number of nitrogens with one attached hydrogen (secondary N) is 1. The maximum absolute atomic E-state index is 13.9. The number of hydrogen-bond acceptors (Lipinski definition) is 5.